The molecule has 5 nitrogen and oxygen atoms in total. The van der Waals surface area contributed by atoms with Crippen LogP contribution in [-0.4, -0.2) is 29.3 Å². The van der Waals surface area contributed by atoms with E-state index in [1.807, 2.05) is 29.0 Å². The van der Waals surface area contributed by atoms with Crippen LogP contribution in [0.4, 0.5) is 0 Å². The molecule has 2 aromatic rings. The van der Waals surface area contributed by atoms with Crippen LogP contribution in [-0.2, 0) is 13.0 Å². The Morgan fingerprint density at radius 1 is 1.38 bits per heavy atom. The van der Waals surface area contributed by atoms with Crippen molar-refractivity contribution >= 4 is 0 Å². The van der Waals surface area contributed by atoms with Gasteiger partial charge in [0, 0.05) is 18.4 Å². The Labute approximate surface area is 125 Å². The van der Waals surface area contributed by atoms with E-state index in [4.69, 9.17) is 15.2 Å². The molecule has 114 valence electrons. The average molecular weight is 289 g/mol. The molecule has 1 aromatic heterocycles. The van der Waals surface area contributed by atoms with Gasteiger partial charge < -0.3 is 19.8 Å². The van der Waals surface area contributed by atoms with Gasteiger partial charge in [-0.3, -0.25) is 0 Å². The Morgan fingerprint density at radius 2 is 2.24 bits per heavy atom. The molecule has 0 saturated carbocycles. The summed E-state index contributed by atoms with van der Waals surface area (Å²) in [6.45, 7) is 3.40. The zero-order valence-corrected chi connectivity index (χ0v) is 12.7. The van der Waals surface area contributed by atoms with Crippen LogP contribution in [0.3, 0.4) is 0 Å². The second-order valence-electron chi connectivity index (χ2n) is 4.97. The lowest BCUT2D eigenvalue weighted by Gasteiger charge is -2.17. The molecule has 0 radical (unpaired) electrons. The van der Waals surface area contributed by atoms with E-state index < -0.39 is 0 Å². The maximum Gasteiger partial charge on any atom is 0.164 e. The van der Waals surface area contributed by atoms with Gasteiger partial charge >= 0.3 is 0 Å². The zero-order valence-electron chi connectivity index (χ0n) is 12.7. The van der Waals surface area contributed by atoms with Gasteiger partial charge in [0.05, 0.1) is 20.0 Å². The van der Waals surface area contributed by atoms with Crippen molar-refractivity contribution in [2.24, 2.45) is 5.73 Å². The maximum atomic E-state index is 6.06. The van der Waals surface area contributed by atoms with E-state index in [0.29, 0.717) is 6.61 Å². The van der Waals surface area contributed by atoms with E-state index in [9.17, 15) is 0 Å². The van der Waals surface area contributed by atoms with Gasteiger partial charge in [0.15, 0.2) is 11.5 Å². The number of para-hydroxylation sites is 1. The first-order valence-electron chi connectivity index (χ1n) is 7.24. The number of imidazole rings is 1. The highest BCUT2D eigenvalue weighted by molar-refractivity contribution is 5.47. The molecule has 0 aliphatic rings. The third-order valence-electron chi connectivity index (χ3n) is 3.44. The number of hydrogen-bond donors (Lipinski definition) is 1. The maximum absolute atomic E-state index is 6.06. The summed E-state index contributed by atoms with van der Waals surface area (Å²) >= 11 is 0. The van der Waals surface area contributed by atoms with Gasteiger partial charge in [0.1, 0.15) is 6.61 Å². The number of aromatic nitrogens is 2. The number of hydrogen-bond acceptors (Lipinski definition) is 4. The molecule has 1 aromatic carbocycles. The summed E-state index contributed by atoms with van der Waals surface area (Å²) < 4.78 is 13.3. The Hall–Kier alpha value is -2.01. The van der Waals surface area contributed by atoms with E-state index in [1.165, 1.54) is 0 Å². The largest absolute Gasteiger partial charge is 0.493 e. The Morgan fingerprint density at radius 3 is 2.90 bits per heavy atom. The third kappa shape index (κ3) is 4.23. The van der Waals surface area contributed by atoms with E-state index >= 15 is 0 Å². The minimum Gasteiger partial charge on any atom is -0.493 e. The first kappa shape index (κ1) is 15.4. The summed E-state index contributed by atoms with van der Waals surface area (Å²) in [7, 11) is 1.65. The van der Waals surface area contributed by atoms with Crippen molar-refractivity contribution in [1.29, 1.82) is 0 Å². The Balaban J connectivity index is 2.07. The molecule has 0 aliphatic heterocycles. The van der Waals surface area contributed by atoms with Crippen molar-refractivity contribution < 1.29 is 9.47 Å². The van der Waals surface area contributed by atoms with Gasteiger partial charge in [-0.2, -0.15) is 0 Å². The number of nitrogens with zero attached hydrogens (tertiary/aromatic N) is 2. The van der Waals surface area contributed by atoms with Gasteiger partial charge in [-0.15, -0.1) is 0 Å². The first-order chi connectivity index (χ1) is 10.2. The standard InChI is InChI=1S/C16H23N3O2/c1-3-14(17)11-13-5-4-6-15(20-2)16(13)21-10-9-19-8-7-18-12-19/h4-8,12,14H,3,9-11,17H2,1-2H3. The highest BCUT2D eigenvalue weighted by atomic mass is 16.5. The Bertz CT molecular complexity index is 540. The van der Waals surface area contributed by atoms with Gasteiger partial charge in [-0.05, 0) is 24.5 Å². The predicted molar refractivity (Wildman–Crippen MR) is 82.7 cm³/mol. The molecule has 2 N–H and O–H groups in total. The molecule has 0 spiro atoms. The molecule has 5 heteroatoms. The molecule has 0 fully saturated rings. The predicted octanol–water partition coefficient (Wildman–Crippen LogP) is 2.25. The fraction of sp³-hybridized carbons (Fsp3) is 0.438. The van der Waals surface area contributed by atoms with Crippen molar-refractivity contribution in [3.05, 3.63) is 42.5 Å². The molecule has 2 rings (SSSR count). The van der Waals surface area contributed by atoms with Crippen LogP contribution in [0.25, 0.3) is 0 Å². The molecule has 0 saturated heterocycles. The minimum atomic E-state index is 0.133. The molecule has 21 heavy (non-hydrogen) atoms. The van der Waals surface area contributed by atoms with Crippen molar-refractivity contribution in [1.82, 2.24) is 9.55 Å². The molecular weight excluding hydrogens is 266 g/mol. The van der Waals surface area contributed by atoms with E-state index in [0.717, 1.165) is 36.4 Å². The molecule has 1 heterocycles. The lowest BCUT2D eigenvalue weighted by molar-refractivity contribution is 0.276. The average Bonchev–Trinajstić information content (AvgIpc) is 3.01. The number of nitrogens with two attached hydrogens (primary N) is 1. The van der Waals surface area contributed by atoms with Gasteiger partial charge in [-0.25, -0.2) is 4.98 Å². The smallest absolute Gasteiger partial charge is 0.164 e. The summed E-state index contributed by atoms with van der Waals surface area (Å²) in [5.74, 6) is 1.55. The van der Waals surface area contributed by atoms with E-state index in [1.54, 1.807) is 19.6 Å². The fourth-order valence-corrected chi connectivity index (χ4v) is 2.15. The quantitative estimate of drug-likeness (QED) is 0.809. The molecule has 0 bridgehead atoms. The SMILES string of the molecule is CCC(N)Cc1cccc(OC)c1OCCn1ccnc1. The summed E-state index contributed by atoms with van der Waals surface area (Å²) in [6.07, 6.45) is 7.17. The highest BCUT2D eigenvalue weighted by Gasteiger charge is 2.13. The number of rotatable bonds is 8. The van der Waals surface area contributed by atoms with Crippen LogP contribution in [0, 0.1) is 0 Å². The van der Waals surface area contributed by atoms with Crippen LogP contribution < -0.4 is 15.2 Å². The topological polar surface area (TPSA) is 62.3 Å². The van der Waals surface area contributed by atoms with Crippen LogP contribution in [0.2, 0.25) is 0 Å². The monoisotopic (exact) mass is 289 g/mol. The number of methoxy groups -OCH3 is 1. The first-order valence-corrected chi connectivity index (χ1v) is 7.24. The van der Waals surface area contributed by atoms with Gasteiger partial charge in [0.2, 0.25) is 0 Å². The highest BCUT2D eigenvalue weighted by Crippen LogP contribution is 2.32. The van der Waals surface area contributed by atoms with Crippen molar-refractivity contribution in [2.75, 3.05) is 13.7 Å². The summed E-state index contributed by atoms with van der Waals surface area (Å²) in [5, 5.41) is 0. The number of ether oxygens (including phenoxy) is 2. The molecule has 1 unspecified atom stereocenters. The third-order valence-corrected chi connectivity index (χ3v) is 3.44. The summed E-state index contributed by atoms with van der Waals surface area (Å²) in [5.41, 5.74) is 7.15. The van der Waals surface area contributed by atoms with Gasteiger partial charge in [0.25, 0.3) is 0 Å². The molecule has 0 amide bonds. The molecule has 1 atom stereocenters. The second-order valence-corrected chi connectivity index (χ2v) is 4.97. The second kappa shape index (κ2) is 7.69. The van der Waals surface area contributed by atoms with Crippen LogP contribution in [0.5, 0.6) is 11.5 Å². The van der Waals surface area contributed by atoms with Crippen LogP contribution >= 0.6 is 0 Å². The van der Waals surface area contributed by atoms with E-state index in [2.05, 4.69) is 11.9 Å². The minimum absolute atomic E-state index is 0.133. The van der Waals surface area contributed by atoms with Gasteiger partial charge in [-0.1, -0.05) is 19.1 Å². The Kier molecular flexibility index (Phi) is 5.63. The van der Waals surface area contributed by atoms with Crippen molar-refractivity contribution in [2.45, 2.75) is 32.4 Å². The fourth-order valence-electron chi connectivity index (χ4n) is 2.15. The molecule has 0 aliphatic carbocycles. The van der Waals surface area contributed by atoms with Crippen LogP contribution in [0.1, 0.15) is 18.9 Å². The lowest BCUT2D eigenvalue weighted by Crippen LogP contribution is -2.22. The summed E-state index contributed by atoms with van der Waals surface area (Å²) in [6, 6.07) is 6.06. The zero-order chi connectivity index (χ0) is 15.1. The van der Waals surface area contributed by atoms with Crippen molar-refractivity contribution in [3.8, 4) is 11.5 Å². The van der Waals surface area contributed by atoms with Crippen molar-refractivity contribution in [3.63, 3.8) is 0 Å². The van der Waals surface area contributed by atoms with E-state index in [-0.39, 0.29) is 6.04 Å². The lowest BCUT2D eigenvalue weighted by atomic mass is 10.0. The summed E-state index contributed by atoms with van der Waals surface area (Å²) in [4.78, 5) is 4.02. The normalized spacial score (nSPS) is 12.1. The van der Waals surface area contributed by atoms with Crippen LogP contribution in [0.15, 0.2) is 36.9 Å². The molecular formula is C16H23N3O2. The number of benzene rings is 1.